The lowest BCUT2D eigenvalue weighted by molar-refractivity contribution is -0.141. The van der Waals surface area contributed by atoms with Crippen LogP contribution in [0.2, 0.25) is 0 Å². The Hall–Kier alpha value is -3.23. The largest absolute Gasteiger partial charge is 0.433 e. The molecule has 4 rings (SSSR count). The zero-order valence-corrected chi connectivity index (χ0v) is 12.0. The number of halogens is 3. The number of aromatic nitrogens is 6. The molecule has 0 aromatic carbocycles. The molecule has 120 valence electrons. The molecule has 0 amide bonds. The van der Waals surface area contributed by atoms with Gasteiger partial charge in [0.05, 0.1) is 17.6 Å². The average molecular weight is 330 g/mol. The van der Waals surface area contributed by atoms with Crippen LogP contribution < -0.4 is 0 Å². The van der Waals surface area contributed by atoms with Crippen molar-refractivity contribution < 1.29 is 13.2 Å². The van der Waals surface area contributed by atoms with E-state index in [1.165, 1.54) is 16.8 Å². The molecule has 0 radical (unpaired) electrons. The summed E-state index contributed by atoms with van der Waals surface area (Å²) < 4.78 is 41.4. The van der Waals surface area contributed by atoms with Gasteiger partial charge in [-0.2, -0.15) is 13.2 Å². The molecule has 24 heavy (non-hydrogen) atoms. The van der Waals surface area contributed by atoms with E-state index in [-0.39, 0.29) is 5.78 Å². The fourth-order valence-electron chi connectivity index (χ4n) is 2.32. The standard InChI is InChI=1S/C15H9F3N6/c16-15(17,18)12-4-6-24-11(8-20-14(24)22-12)10-2-1-3-13(21-10)23-7-5-19-9-23/h1-9H. The van der Waals surface area contributed by atoms with E-state index in [1.54, 1.807) is 41.5 Å². The Balaban J connectivity index is 1.81. The molecule has 0 saturated heterocycles. The Kier molecular flexibility index (Phi) is 3.08. The number of rotatable bonds is 2. The third-order valence-electron chi connectivity index (χ3n) is 3.44. The van der Waals surface area contributed by atoms with E-state index in [4.69, 9.17) is 0 Å². The molecule has 9 heteroatoms. The van der Waals surface area contributed by atoms with E-state index in [0.29, 0.717) is 17.2 Å². The Labute approximate surface area is 133 Å². The summed E-state index contributed by atoms with van der Waals surface area (Å²) in [6, 6.07) is 6.27. The quantitative estimate of drug-likeness (QED) is 0.567. The molecular formula is C15H9F3N6. The molecule has 0 unspecified atom stereocenters. The van der Waals surface area contributed by atoms with Gasteiger partial charge in [0.25, 0.3) is 0 Å². The summed E-state index contributed by atoms with van der Waals surface area (Å²) in [5.74, 6) is 0.606. The van der Waals surface area contributed by atoms with Gasteiger partial charge in [0, 0.05) is 18.6 Å². The van der Waals surface area contributed by atoms with Gasteiger partial charge < -0.3 is 0 Å². The van der Waals surface area contributed by atoms with Gasteiger partial charge in [0.2, 0.25) is 5.78 Å². The van der Waals surface area contributed by atoms with Gasteiger partial charge in [-0.05, 0) is 18.2 Å². The molecule has 0 N–H and O–H groups in total. The maximum absolute atomic E-state index is 12.7. The van der Waals surface area contributed by atoms with Crippen LogP contribution in [-0.4, -0.2) is 28.9 Å². The molecule has 6 nitrogen and oxygen atoms in total. The van der Waals surface area contributed by atoms with Crippen molar-refractivity contribution in [2.45, 2.75) is 6.18 Å². The lowest BCUT2D eigenvalue weighted by Gasteiger charge is -2.07. The minimum atomic E-state index is -4.51. The second-order valence-electron chi connectivity index (χ2n) is 4.97. The summed E-state index contributed by atoms with van der Waals surface area (Å²) in [6.45, 7) is 0. The van der Waals surface area contributed by atoms with Crippen molar-refractivity contribution in [3.63, 3.8) is 0 Å². The number of hydrogen-bond acceptors (Lipinski definition) is 4. The Morgan fingerprint density at radius 1 is 1.00 bits per heavy atom. The van der Waals surface area contributed by atoms with E-state index in [1.807, 2.05) is 0 Å². The Morgan fingerprint density at radius 3 is 2.62 bits per heavy atom. The predicted molar refractivity (Wildman–Crippen MR) is 78.3 cm³/mol. The highest BCUT2D eigenvalue weighted by Gasteiger charge is 2.33. The Bertz CT molecular complexity index is 1000. The molecule has 0 fully saturated rings. The molecular weight excluding hydrogens is 321 g/mol. The molecule has 4 aromatic heterocycles. The number of alkyl halides is 3. The Morgan fingerprint density at radius 2 is 1.88 bits per heavy atom. The number of fused-ring (bicyclic) bond motifs is 1. The third-order valence-corrected chi connectivity index (χ3v) is 3.44. The highest BCUT2D eigenvalue weighted by molar-refractivity contribution is 5.59. The van der Waals surface area contributed by atoms with Crippen molar-refractivity contribution in [1.29, 1.82) is 0 Å². The fraction of sp³-hybridized carbons (Fsp3) is 0.0667. The van der Waals surface area contributed by atoms with Crippen LogP contribution in [-0.2, 0) is 6.18 Å². The summed E-state index contributed by atoms with van der Waals surface area (Å²) in [5, 5.41) is 0. The van der Waals surface area contributed by atoms with E-state index in [9.17, 15) is 13.2 Å². The normalized spacial score (nSPS) is 12.0. The van der Waals surface area contributed by atoms with Crippen LogP contribution in [0.4, 0.5) is 13.2 Å². The monoisotopic (exact) mass is 330 g/mol. The minimum Gasteiger partial charge on any atom is -0.291 e. The first-order chi connectivity index (χ1) is 11.5. The molecule has 0 aliphatic carbocycles. The van der Waals surface area contributed by atoms with Gasteiger partial charge in [-0.25, -0.2) is 19.9 Å². The molecule has 0 saturated carbocycles. The number of pyridine rings is 1. The van der Waals surface area contributed by atoms with Crippen molar-refractivity contribution in [1.82, 2.24) is 28.9 Å². The number of hydrogen-bond donors (Lipinski definition) is 0. The topological polar surface area (TPSA) is 60.9 Å². The third kappa shape index (κ3) is 2.39. The molecule has 0 aliphatic rings. The van der Waals surface area contributed by atoms with Gasteiger partial charge in [-0.3, -0.25) is 8.97 Å². The van der Waals surface area contributed by atoms with Crippen molar-refractivity contribution >= 4 is 5.78 Å². The smallest absolute Gasteiger partial charge is 0.291 e. The summed E-state index contributed by atoms with van der Waals surface area (Å²) in [4.78, 5) is 16.0. The zero-order chi connectivity index (χ0) is 16.7. The highest BCUT2D eigenvalue weighted by Crippen LogP contribution is 2.28. The van der Waals surface area contributed by atoms with Crippen molar-refractivity contribution in [3.8, 4) is 17.2 Å². The maximum atomic E-state index is 12.7. The minimum absolute atomic E-state index is 0.0327. The average Bonchev–Trinajstić information content (AvgIpc) is 3.23. The first kappa shape index (κ1) is 14.4. The van der Waals surface area contributed by atoms with E-state index < -0.39 is 11.9 Å². The zero-order valence-electron chi connectivity index (χ0n) is 12.0. The molecule has 4 aromatic rings. The summed E-state index contributed by atoms with van der Waals surface area (Å²) in [5.41, 5.74) is 0.135. The second-order valence-corrected chi connectivity index (χ2v) is 4.97. The number of imidazole rings is 2. The molecule has 0 aliphatic heterocycles. The van der Waals surface area contributed by atoms with Gasteiger partial charge in [-0.1, -0.05) is 6.07 Å². The molecule has 0 atom stereocenters. The second kappa shape index (κ2) is 5.15. The van der Waals surface area contributed by atoms with Gasteiger partial charge in [0.1, 0.15) is 17.8 Å². The lowest BCUT2D eigenvalue weighted by Crippen LogP contribution is -2.09. The maximum Gasteiger partial charge on any atom is 0.433 e. The van der Waals surface area contributed by atoms with Crippen molar-refractivity contribution in [2.24, 2.45) is 0 Å². The van der Waals surface area contributed by atoms with Gasteiger partial charge in [0.15, 0.2) is 0 Å². The van der Waals surface area contributed by atoms with Crippen LogP contribution in [0.25, 0.3) is 23.0 Å². The highest BCUT2D eigenvalue weighted by atomic mass is 19.4. The summed E-state index contributed by atoms with van der Waals surface area (Å²) in [7, 11) is 0. The van der Waals surface area contributed by atoms with Crippen LogP contribution in [0.5, 0.6) is 0 Å². The SMILES string of the molecule is FC(F)(F)c1ccn2c(-c3cccc(-n4ccnc4)n3)cnc2n1. The number of nitrogens with zero attached hydrogens (tertiary/aromatic N) is 6. The van der Waals surface area contributed by atoms with Crippen molar-refractivity contribution in [2.75, 3.05) is 0 Å². The van der Waals surface area contributed by atoms with Crippen LogP contribution in [0, 0.1) is 0 Å². The predicted octanol–water partition coefficient (Wildman–Crippen LogP) is 3.00. The molecule has 0 spiro atoms. The summed E-state index contributed by atoms with van der Waals surface area (Å²) >= 11 is 0. The van der Waals surface area contributed by atoms with Gasteiger partial charge in [-0.15, -0.1) is 0 Å². The van der Waals surface area contributed by atoms with Crippen LogP contribution in [0.1, 0.15) is 5.69 Å². The summed E-state index contributed by atoms with van der Waals surface area (Å²) in [6.07, 6.45) is 3.22. The molecule has 0 bridgehead atoms. The first-order valence-electron chi connectivity index (χ1n) is 6.89. The van der Waals surface area contributed by atoms with Crippen LogP contribution in [0.3, 0.4) is 0 Å². The lowest BCUT2D eigenvalue weighted by atomic mass is 10.3. The first-order valence-corrected chi connectivity index (χ1v) is 6.89. The van der Waals surface area contributed by atoms with Gasteiger partial charge >= 0.3 is 6.18 Å². The molecule has 4 heterocycles. The van der Waals surface area contributed by atoms with E-state index in [0.717, 1.165) is 6.07 Å². The van der Waals surface area contributed by atoms with Crippen LogP contribution >= 0.6 is 0 Å². The van der Waals surface area contributed by atoms with E-state index >= 15 is 0 Å². The van der Waals surface area contributed by atoms with Crippen molar-refractivity contribution in [3.05, 3.63) is 61.1 Å². The fourth-order valence-corrected chi connectivity index (χ4v) is 2.32. The van der Waals surface area contributed by atoms with Crippen LogP contribution in [0.15, 0.2) is 55.4 Å². The van der Waals surface area contributed by atoms with E-state index in [2.05, 4.69) is 19.9 Å².